The Morgan fingerprint density at radius 1 is 1.71 bits per heavy atom. The summed E-state index contributed by atoms with van der Waals surface area (Å²) in [6, 6.07) is -0.0417. The van der Waals surface area contributed by atoms with Crippen molar-refractivity contribution < 1.29 is 5.11 Å². The van der Waals surface area contributed by atoms with E-state index in [2.05, 4.69) is 0 Å². The van der Waals surface area contributed by atoms with Gasteiger partial charge in [0.1, 0.15) is 0 Å². The largest absolute Gasteiger partial charge is 0.392 e. The van der Waals surface area contributed by atoms with Gasteiger partial charge in [0, 0.05) is 6.04 Å². The Balaban J connectivity index is 3.14. The number of rotatable bonds is 2. The minimum Gasteiger partial charge on any atom is -0.392 e. The standard InChI is InChI=1S/C5H13NO/c1-3-5(6)4(2)7/h4-5,7H,3,6H2,1-2H3/t4-,5+/m0/s1. The molecule has 2 heteroatoms. The summed E-state index contributed by atoms with van der Waals surface area (Å²) in [5.41, 5.74) is 5.37. The van der Waals surface area contributed by atoms with Crippen LogP contribution in [-0.4, -0.2) is 17.3 Å². The van der Waals surface area contributed by atoms with Gasteiger partial charge in [-0.1, -0.05) is 6.92 Å². The van der Waals surface area contributed by atoms with Crippen LogP contribution in [0.3, 0.4) is 0 Å². The highest BCUT2D eigenvalue weighted by molar-refractivity contribution is 4.63. The van der Waals surface area contributed by atoms with Gasteiger partial charge in [0.05, 0.1) is 6.10 Å². The van der Waals surface area contributed by atoms with Crippen molar-refractivity contribution in [1.29, 1.82) is 0 Å². The summed E-state index contributed by atoms with van der Waals surface area (Å²) in [5, 5.41) is 8.70. The van der Waals surface area contributed by atoms with E-state index < -0.39 is 0 Å². The average Bonchev–Trinajstić information content (AvgIpc) is 1.65. The summed E-state index contributed by atoms with van der Waals surface area (Å²) in [5.74, 6) is 0. The fraction of sp³-hybridized carbons (Fsp3) is 1.00. The molecule has 0 spiro atoms. The SMILES string of the molecule is CC[C@@H](N)[C@H](C)O. The van der Waals surface area contributed by atoms with E-state index in [9.17, 15) is 0 Å². The van der Waals surface area contributed by atoms with Gasteiger partial charge < -0.3 is 10.8 Å². The van der Waals surface area contributed by atoms with E-state index in [0.717, 1.165) is 6.42 Å². The molecule has 0 unspecified atom stereocenters. The molecule has 0 radical (unpaired) electrons. The Hall–Kier alpha value is -0.0800. The van der Waals surface area contributed by atoms with Crippen LogP contribution in [0.15, 0.2) is 0 Å². The highest BCUT2D eigenvalue weighted by Gasteiger charge is 2.03. The Labute approximate surface area is 44.3 Å². The molecule has 0 heterocycles. The maximum absolute atomic E-state index is 8.70. The summed E-state index contributed by atoms with van der Waals surface area (Å²) in [6.45, 7) is 3.66. The number of hydrogen-bond donors (Lipinski definition) is 2. The van der Waals surface area contributed by atoms with Gasteiger partial charge in [-0.15, -0.1) is 0 Å². The summed E-state index contributed by atoms with van der Waals surface area (Å²) in [4.78, 5) is 0. The lowest BCUT2D eigenvalue weighted by Gasteiger charge is -2.09. The lowest BCUT2D eigenvalue weighted by Crippen LogP contribution is -2.31. The summed E-state index contributed by atoms with van der Waals surface area (Å²) in [7, 11) is 0. The molecule has 0 bridgehead atoms. The van der Waals surface area contributed by atoms with Gasteiger partial charge in [0.25, 0.3) is 0 Å². The zero-order valence-corrected chi connectivity index (χ0v) is 4.89. The first-order chi connectivity index (χ1) is 3.18. The topological polar surface area (TPSA) is 46.2 Å². The van der Waals surface area contributed by atoms with Gasteiger partial charge >= 0.3 is 0 Å². The van der Waals surface area contributed by atoms with Crippen LogP contribution in [0.2, 0.25) is 0 Å². The van der Waals surface area contributed by atoms with E-state index in [-0.39, 0.29) is 12.1 Å². The van der Waals surface area contributed by atoms with Gasteiger partial charge in [-0.05, 0) is 13.3 Å². The second kappa shape index (κ2) is 2.99. The predicted octanol–water partition coefficient (Wildman–Crippen LogP) is 0.104. The molecule has 0 rings (SSSR count). The molecule has 2 atom stereocenters. The van der Waals surface area contributed by atoms with Gasteiger partial charge in [0.2, 0.25) is 0 Å². The Morgan fingerprint density at radius 3 is 2.14 bits per heavy atom. The van der Waals surface area contributed by atoms with E-state index in [1.807, 2.05) is 6.92 Å². The van der Waals surface area contributed by atoms with Gasteiger partial charge in [0.15, 0.2) is 0 Å². The highest BCUT2D eigenvalue weighted by Crippen LogP contribution is 1.91. The molecule has 0 aliphatic heterocycles. The van der Waals surface area contributed by atoms with E-state index in [4.69, 9.17) is 10.8 Å². The molecule has 0 fully saturated rings. The molecule has 0 saturated heterocycles. The molecule has 3 N–H and O–H groups in total. The van der Waals surface area contributed by atoms with Gasteiger partial charge in [-0.25, -0.2) is 0 Å². The molecule has 0 aliphatic carbocycles. The van der Waals surface area contributed by atoms with Crippen molar-refractivity contribution >= 4 is 0 Å². The molecule has 44 valence electrons. The average molecular weight is 103 g/mol. The molecule has 0 aromatic heterocycles. The van der Waals surface area contributed by atoms with Crippen LogP contribution in [0.4, 0.5) is 0 Å². The zero-order valence-electron chi connectivity index (χ0n) is 4.89. The van der Waals surface area contributed by atoms with Crippen LogP contribution in [0.1, 0.15) is 20.3 Å². The molecular weight excluding hydrogens is 90.1 g/mol. The highest BCUT2D eigenvalue weighted by atomic mass is 16.3. The second-order valence-corrected chi connectivity index (χ2v) is 1.81. The Bertz CT molecular complexity index is 45.3. The van der Waals surface area contributed by atoms with E-state index in [0.29, 0.717) is 0 Å². The first-order valence-corrected chi connectivity index (χ1v) is 2.62. The molecule has 0 aliphatic rings. The summed E-state index contributed by atoms with van der Waals surface area (Å²) < 4.78 is 0. The molecule has 2 nitrogen and oxygen atoms in total. The third-order valence-corrected chi connectivity index (χ3v) is 1.09. The third kappa shape index (κ3) is 2.60. The van der Waals surface area contributed by atoms with Crippen LogP contribution in [0.5, 0.6) is 0 Å². The van der Waals surface area contributed by atoms with Crippen molar-refractivity contribution in [3.05, 3.63) is 0 Å². The summed E-state index contributed by atoms with van der Waals surface area (Å²) in [6.07, 6.45) is 0.488. The maximum atomic E-state index is 8.70. The molecular formula is C5H13NO. The predicted molar refractivity (Wildman–Crippen MR) is 29.9 cm³/mol. The molecule has 0 saturated carbocycles. The molecule has 0 aromatic rings. The van der Waals surface area contributed by atoms with Crippen LogP contribution >= 0.6 is 0 Å². The third-order valence-electron chi connectivity index (χ3n) is 1.09. The Kier molecular flexibility index (Phi) is 2.96. The molecule has 7 heavy (non-hydrogen) atoms. The van der Waals surface area contributed by atoms with Crippen molar-refractivity contribution in [2.45, 2.75) is 32.4 Å². The van der Waals surface area contributed by atoms with Gasteiger partial charge in [-0.3, -0.25) is 0 Å². The number of nitrogens with two attached hydrogens (primary N) is 1. The first kappa shape index (κ1) is 6.92. The molecule has 0 aromatic carbocycles. The smallest absolute Gasteiger partial charge is 0.0662 e. The fourth-order valence-electron chi connectivity index (χ4n) is 0.341. The minimum absolute atomic E-state index is 0.0417. The van der Waals surface area contributed by atoms with Gasteiger partial charge in [-0.2, -0.15) is 0 Å². The maximum Gasteiger partial charge on any atom is 0.0662 e. The normalized spacial score (nSPS) is 18.9. The van der Waals surface area contributed by atoms with Crippen LogP contribution in [0.25, 0.3) is 0 Å². The lowest BCUT2D eigenvalue weighted by molar-refractivity contribution is 0.161. The number of aliphatic hydroxyl groups is 1. The van der Waals surface area contributed by atoms with Crippen LogP contribution < -0.4 is 5.73 Å². The van der Waals surface area contributed by atoms with Crippen molar-refractivity contribution in [3.8, 4) is 0 Å². The zero-order chi connectivity index (χ0) is 5.86. The lowest BCUT2D eigenvalue weighted by atomic mass is 10.1. The van der Waals surface area contributed by atoms with Crippen LogP contribution in [-0.2, 0) is 0 Å². The van der Waals surface area contributed by atoms with Crippen molar-refractivity contribution in [2.75, 3.05) is 0 Å². The fourth-order valence-corrected chi connectivity index (χ4v) is 0.341. The van der Waals surface area contributed by atoms with Crippen molar-refractivity contribution in [2.24, 2.45) is 5.73 Å². The summed E-state index contributed by atoms with van der Waals surface area (Å²) >= 11 is 0. The second-order valence-electron chi connectivity index (χ2n) is 1.81. The number of hydrogen-bond acceptors (Lipinski definition) is 2. The van der Waals surface area contributed by atoms with E-state index >= 15 is 0 Å². The van der Waals surface area contributed by atoms with Crippen molar-refractivity contribution in [1.82, 2.24) is 0 Å². The van der Waals surface area contributed by atoms with E-state index in [1.54, 1.807) is 6.92 Å². The first-order valence-electron chi connectivity index (χ1n) is 2.62. The van der Waals surface area contributed by atoms with Crippen molar-refractivity contribution in [3.63, 3.8) is 0 Å². The molecule has 0 amide bonds. The quantitative estimate of drug-likeness (QED) is 0.521. The van der Waals surface area contributed by atoms with E-state index in [1.165, 1.54) is 0 Å². The van der Waals surface area contributed by atoms with Crippen LogP contribution in [0, 0.1) is 0 Å². The monoisotopic (exact) mass is 103 g/mol. The Morgan fingerprint density at radius 2 is 2.14 bits per heavy atom. The minimum atomic E-state index is -0.356. The number of aliphatic hydroxyl groups excluding tert-OH is 1.